The van der Waals surface area contributed by atoms with Crippen molar-refractivity contribution in [2.45, 2.75) is 26.2 Å². The lowest BCUT2D eigenvalue weighted by atomic mass is 10.0. The molecule has 1 aliphatic rings. The van der Waals surface area contributed by atoms with E-state index in [9.17, 15) is 4.79 Å². The number of rotatable bonds is 5. The molecule has 0 amide bonds. The van der Waals surface area contributed by atoms with Crippen LogP contribution in [0.4, 0.5) is 5.82 Å². The van der Waals surface area contributed by atoms with Crippen LogP contribution in [0.5, 0.6) is 0 Å². The van der Waals surface area contributed by atoms with Crippen LogP contribution in [0.2, 0.25) is 0 Å². The van der Waals surface area contributed by atoms with Crippen molar-refractivity contribution in [2.75, 3.05) is 24.6 Å². The van der Waals surface area contributed by atoms with Gasteiger partial charge in [0.05, 0.1) is 12.3 Å². The molecule has 1 aliphatic heterocycles. The summed E-state index contributed by atoms with van der Waals surface area (Å²) >= 11 is 0. The molecule has 1 saturated heterocycles. The van der Waals surface area contributed by atoms with E-state index in [0.29, 0.717) is 29.5 Å². The fourth-order valence-electron chi connectivity index (χ4n) is 3.61. The minimum Gasteiger partial charge on any atom is -0.462 e. The second-order valence-corrected chi connectivity index (χ2v) is 6.96. The molecule has 0 saturated carbocycles. The zero-order valence-corrected chi connectivity index (χ0v) is 16.5. The Balaban J connectivity index is 1.96. The molecule has 4 rings (SSSR count). The number of aromatic nitrogens is 3. The van der Waals surface area contributed by atoms with Gasteiger partial charge in [-0.05, 0) is 38.3 Å². The number of esters is 1. The van der Waals surface area contributed by atoms with Gasteiger partial charge in [-0.2, -0.15) is 0 Å². The molecule has 0 unspecified atom stereocenters. The van der Waals surface area contributed by atoms with Crippen molar-refractivity contribution in [2.24, 2.45) is 0 Å². The maximum atomic E-state index is 13.0. The number of pyridine rings is 1. The van der Waals surface area contributed by atoms with E-state index < -0.39 is 0 Å². The third-order valence-corrected chi connectivity index (χ3v) is 5.01. The Morgan fingerprint density at radius 2 is 1.69 bits per heavy atom. The first kappa shape index (κ1) is 19.1. The van der Waals surface area contributed by atoms with Crippen LogP contribution in [0.25, 0.3) is 22.6 Å². The number of carbonyl (C=O) groups excluding carboxylic acids is 1. The summed E-state index contributed by atoms with van der Waals surface area (Å²) in [5.41, 5.74) is 2.75. The first-order valence-electron chi connectivity index (χ1n) is 10.1. The van der Waals surface area contributed by atoms with Gasteiger partial charge in [0.2, 0.25) is 0 Å². The van der Waals surface area contributed by atoms with E-state index in [1.807, 2.05) is 49.4 Å². The predicted molar refractivity (Wildman–Crippen MR) is 113 cm³/mol. The zero-order valence-electron chi connectivity index (χ0n) is 16.5. The lowest BCUT2D eigenvalue weighted by Gasteiger charge is -2.30. The summed E-state index contributed by atoms with van der Waals surface area (Å²) < 4.78 is 5.41. The largest absolute Gasteiger partial charge is 0.462 e. The molecule has 2 aromatic heterocycles. The predicted octanol–water partition coefficient (Wildman–Crippen LogP) is 4.37. The summed E-state index contributed by atoms with van der Waals surface area (Å²) in [6.07, 6.45) is 6.76. The van der Waals surface area contributed by atoms with Crippen LogP contribution in [-0.4, -0.2) is 40.6 Å². The number of carbonyl (C=O) groups is 1. The molecule has 1 aromatic carbocycles. The van der Waals surface area contributed by atoms with E-state index in [1.54, 1.807) is 12.4 Å². The normalized spacial score (nSPS) is 13.9. The Hall–Kier alpha value is -3.28. The first-order chi connectivity index (χ1) is 14.3. The molecule has 3 aromatic rings. The highest BCUT2D eigenvalue weighted by Crippen LogP contribution is 2.33. The Bertz CT molecular complexity index is 971. The van der Waals surface area contributed by atoms with E-state index in [4.69, 9.17) is 14.7 Å². The number of nitrogens with zero attached hydrogens (tertiary/aromatic N) is 4. The molecule has 6 heteroatoms. The monoisotopic (exact) mass is 388 g/mol. The van der Waals surface area contributed by atoms with Crippen LogP contribution >= 0.6 is 0 Å². The van der Waals surface area contributed by atoms with Crippen molar-refractivity contribution in [3.05, 3.63) is 60.4 Å². The average Bonchev–Trinajstić information content (AvgIpc) is 2.80. The standard InChI is InChI=1S/C23H24N4O2/c1-2-29-23(28)19-20(17-11-13-24-14-12-17)25-21(18-9-5-3-6-10-18)26-22(19)27-15-7-4-8-16-27/h3,5-6,9-14H,2,4,7-8,15-16H2,1H3. The van der Waals surface area contributed by atoms with Crippen LogP contribution in [0.3, 0.4) is 0 Å². The molecule has 0 spiro atoms. The van der Waals surface area contributed by atoms with Gasteiger partial charge < -0.3 is 9.64 Å². The van der Waals surface area contributed by atoms with Crippen molar-refractivity contribution in [1.29, 1.82) is 0 Å². The lowest BCUT2D eigenvalue weighted by Crippen LogP contribution is -2.32. The van der Waals surface area contributed by atoms with Gasteiger partial charge in [-0.1, -0.05) is 30.3 Å². The SMILES string of the molecule is CCOC(=O)c1c(-c2ccncc2)nc(-c2ccccc2)nc1N1CCCCC1. The number of benzene rings is 1. The van der Waals surface area contributed by atoms with Crippen LogP contribution < -0.4 is 4.90 Å². The van der Waals surface area contributed by atoms with Gasteiger partial charge in [0.1, 0.15) is 11.4 Å². The number of hydrogen-bond acceptors (Lipinski definition) is 6. The van der Waals surface area contributed by atoms with Crippen molar-refractivity contribution in [1.82, 2.24) is 15.0 Å². The molecule has 0 N–H and O–H groups in total. The smallest absolute Gasteiger partial charge is 0.344 e. The lowest BCUT2D eigenvalue weighted by molar-refractivity contribution is 0.0527. The highest BCUT2D eigenvalue weighted by molar-refractivity contribution is 6.01. The summed E-state index contributed by atoms with van der Waals surface area (Å²) in [6, 6.07) is 13.6. The van der Waals surface area contributed by atoms with Crippen molar-refractivity contribution >= 4 is 11.8 Å². The Labute approximate surface area is 170 Å². The second-order valence-electron chi connectivity index (χ2n) is 6.96. The van der Waals surface area contributed by atoms with Gasteiger partial charge in [0, 0.05) is 36.6 Å². The van der Waals surface area contributed by atoms with Crippen molar-refractivity contribution < 1.29 is 9.53 Å². The van der Waals surface area contributed by atoms with E-state index >= 15 is 0 Å². The Morgan fingerprint density at radius 1 is 0.966 bits per heavy atom. The molecule has 0 aliphatic carbocycles. The molecule has 148 valence electrons. The molecule has 6 nitrogen and oxygen atoms in total. The van der Waals surface area contributed by atoms with Gasteiger partial charge in [0.15, 0.2) is 5.82 Å². The molecule has 1 fully saturated rings. The number of piperidine rings is 1. The molecule has 0 radical (unpaired) electrons. The highest BCUT2D eigenvalue weighted by atomic mass is 16.5. The van der Waals surface area contributed by atoms with Gasteiger partial charge in [-0.25, -0.2) is 14.8 Å². The quantitative estimate of drug-likeness (QED) is 0.605. The molecule has 3 heterocycles. The highest BCUT2D eigenvalue weighted by Gasteiger charge is 2.27. The van der Waals surface area contributed by atoms with Crippen LogP contribution in [0.1, 0.15) is 36.5 Å². The summed E-state index contributed by atoms with van der Waals surface area (Å²) in [5, 5.41) is 0. The Kier molecular flexibility index (Phi) is 5.79. The van der Waals surface area contributed by atoms with Gasteiger partial charge in [-0.15, -0.1) is 0 Å². The third-order valence-electron chi connectivity index (χ3n) is 5.01. The fourth-order valence-corrected chi connectivity index (χ4v) is 3.61. The molecule has 0 bridgehead atoms. The maximum absolute atomic E-state index is 13.0. The summed E-state index contributed by atoms with van der Waals surface area (Å²) in [4.78, 5) is 29.0. The molecular weight excluding hydrogens is 364 g/mol. The van der Waals surface area contributed by atoms with E-state index in [0.717, 1.165) is 37.1 Å². The van der Waals surface area contributed by atoms with Crippen LogP contribution in [0, 0.1) is 0 Å². The third kappa shape index (κ3) is 4.11. The second kappa shape index (κ2) is 8.82. The molecular formula is C23H24N4O2. The summed E-state index contributed by atoms with van der Waals surface area (Å²) in [6.45, 7) is 3.85. The van der Waals surface area contributed by atoms with E-state index in [-0.39, 0.29) is 5.97 Å². The first-order valence-corrected chi connectivity index (χ1v) is 10.1. The molecule has 29 heavy (non-hydrogen) atoms. The van der Waals surface area contributed by atoms with E-state index in [2.05, 4.69) is 9.88 Å². The minimum absolute atomic E-state index is 0.300. The zero-order chi connectivity index (χ0) is 20.1. The molecule has 0 atom stereocenters. The average molecular weight is 388 g/mol. The van der Waals surface area contributed by atoms with Crippen molar-refractivity contribution in [3.8, 4) is 22.6 Å². The van der Waals surface area contributed by atoms with Gasteiger partial charge in [0.25, 0.3) is 0 Å². The number of anilines is 1. The summed E-state index contributed by atoms with van der Waals surface area (Å²) in [7, 11) is 0. The van der Waals surface area contributed by atoms with Gasteiger partial charge in [-0.3, -0.25) is 4.98 Å². The topological polar surface area (TPSA) is 68.2 Å². The number of hydrogen-bond donors (Lipinski definition) is 0. The van der Waals surface area contributed by atoms with E-state index in [1.165, 1.54) is 6.42 Å². The Morgan fingerprint density at radius 3 is 2.38 bits per heavy atom. The summed E-state index contributed by atoms with van der Waals surface area (Å²) in [5.74, 6) is 0.870. The minimum atomic E-state index is -0.389. The van der Waals surface area contributed by atoms with Crippen molar-refractivity contribution in [3.63, 3.8) is 0 Å². The van der Waals surface area contributed by atoms with Crippen LogP contribution in [-0.2, 0) is 4.74 Å². The maximum Gasteiger partial charge on any atom is 0.344 e. The van der Waals surface area contributed by atoms with Crippen LogP contribution in [0.15, 0.2) is 54.9 Å². The fraction of sp³-hybridized carbons (Fsp3) is 0.304. The number of ether oxygens (including phenoxy) is 1. The van der Waals surface area contributed by atoms with Gasteiger partial charge >= 0.3 is 5.97 Å².